The van der Waals surface area contributed by atoms with Crippen molar-refractivity contribution in [2.75, 3.05) is 13.1 Å². The maximum Gasteiger partial charge on any atom is 0.236 e. The largest absolute Gasteiger partial charge is 0.342 e. The summed E-state index contributed by atoms with van der Waals surface area (Å²) < 4.78 is 0. The van der Waals surface area contributed by atoms with Crippen LogP contribution in [0.2, 0.25) is 0 Å². The fourth-order valence-electron chi connectivity index (χ4n) is 3.06. The van der Waals surface area contributed by atoms with Crippen molar-refractivity contribution in [2.45, 2.75) is 110 Å². The van der Waals surface area contributed by atoms with Crippen LogP contribution in [0.1, 0.15) is 110 Å². The Balaban J connectivity index is 3.82. The van der Waals surface area contributed by atoms with Crippen LogP contribution in [-0.4, -0.2) is 23.9 Å². The van der Waals surface area contributed by atoms with E-state index in [4.69, 9.17) is 5.26 Å². The monoisotopic (exact) mass is 336 g/mol. The van der Waals surface area contributed by atoms with E-state index in [-0.39, 0.29) is 12.3 Å². The maximum atomic E-state index is 12.1. The first kappa shape index (κ1) is 23.0. The molecule has 0 saturated carbocycles. The van der Waals surface area contributed by atoms with Crippen molar-refractivity contribution in [3.63, 3.8) is 0 Å². The van der Waals surface area contributed by atoms with E-state index in [0.29, 0.717) is 0 Å². The van der Waals surface area contributed by atoms with Crippen molar-refractivity contribution in [3.05, 3.63) is 0 Å². The number of hydrogen-bond donors (Lipinski definition) is 0. The van der Waals surface area contributed by atoms with Gasteiger partial charge < -0.3 is 4.90 Å². The van der Waals surface area contributed by atoms with Crippen LogP contribution >= 0.6 is 0 Å². The standard InChI is InChI=1S/C21H40N2O/c1-3-5-7-9-11-13-15-19-23(21(24)17-18-22)20-16-14-12-10-8-6-4-2/h3-17,19-20H2,1-2H3. The number of unbranched alkanes of at least 4 members (excludes halogenated alkanes) is 12. The predicted octanol–water partition coefficient (Wildman–Crippen LogP) is 6.23. The van der Waals surface area contributed by atoms with Crippen LogP contribution in [0.3, 0.4) is 0 Å². The number of nitrogens with zero attached hydrogens (tertiary/aromatic N) is 2. The molecule has 0 aliphatic heterocycles. The van der Waals surface area contributed by atoms with Gasteiger partial charge in [-0.15, -0.1) is 0 Å². The summed E-state index contributed by atoms with van der Waals surface area (Å²) in [6, 6.07) is 2.01. The first-order valence-electron chi connectivity index (χ1n) is 10.4. The molecule has 0 aromatic rings. The van der Waals surface area contributed by atoms with Gasteiger partial charge in [-0.05, 0) is 12.8 Å². The Labute approximate surface area is 150 Å². The fraction of sp³-hybridized carbons (Fsp3) is 0.905. The third kappa shape index (κ3) is 14.5. The van der Waals surface area contributed by atoms with Crippen LogP contribution in [0.4, 0.5) is 0 Å². The third-order valence-electron chi connectivity index (χ3n) is 4.65. The summed E-state index contributed by atoms with van der Waals surface area (Å²) in [7, 11) is 0. The number of carbonyl (C=O) groups is 1. The van der Waals surface area contributed by atoms with Gasteiger partial charge in [-0.25, -0.2) is 0 Å². The summed E-state index contributed by atoms with van der Waals surface area (Å²) >= 11 is 0. The average Bonchev–Trinajstić information content (AvgIpc) is 2.58. The summed E-state index contributed by atoms with van der Waals surface area (Å²) in [4.78, 5) is 14.0. The smallest absolute Gasteiger partial charge is 0.236 e. The molecule has 1 amide bonds. The van der Waals surface area contributed by atoms with Crippen molar-refractivity contribution >= 4 is 5.91 Å². The molecule has 3 nitrogen and oxygen atoms in total. The molecule has 0 rings (SSSR count). The lowest BCUT2D eigenvalue weighted by molar-refractivity contribution is -0.130. The minimum absolute atomic E-state index is 0.0227. The van der Waals surface area contributed by atoms with Gasteiger partial charge in [-0.2, -0.15) is 5.26 Å². The SMILES string of the molecule is CCCCCCCCCN(CCCCCCCCC)C(=O)CC#N. The fourth-order valence-corrected chi connectivity index (χ4v) is 3.06. The zero-order valence-electron chi connectivity index (χ0n) is 16.3. The highest BCUT2D eigenvalue weighted by atomic mass is 16.2. The van der Waals surface area contributed by atoms with E-state index >= 15 is 0 Å². The minimum atomic E-state index is 0.0227. The predicted molar refractivity (Wildman–Crippen MR) is 103 cm³/mol. The van der Waals surface area contributed by atoms with Crippen molar-refractivity contribution in [1.29, 1.82) is 5.26 Å². The van der Waals surface area contributed by atoms with Gasteiger partial charge in [0, 0.05) is 13.1 Å². The molecule has 0 fully saturated rings. The van der Waals surface area contributed by atoms with Crippen molar-refractivity contribution in [1.82, 2.24) is 4.90 Å². The second kappa shape index (κ2) is 18.3. The van der Waals surface area contributed by atoms with Crippen LogP contribution in [0.5, 0.6) is 0 Å². The molecule has 0 spiro atoms. The molecular formula is C21H40N2O. The summed E-state index contributed by atoms with van der Waals surface area (Å²) in [6.45, 7) is 6.15. The lowest BCUT2D eigenvalue weighted by Crippen LogP contribution is -2.32. The van der Waals surface area contributed by atoms with Gasteiger partial charge in [0.2, 0.25) is 5.91 Å². The number of hydrogen-bond acceptors (Lipinski definition) is 2. The Kier molecular flexibility index (Phi) is 17.5. The second-order valence-corrected chi connectivity index (χ2v) is 6.96. The van der Waals surface area contributed by atoms with Gasteiger partial charge >= 0.3 is 0 Å². The highest BCUT2D eigenvalue weighted by Crippen LogP contribution is 2.10. The Bertz CT molecular complexity index is 304. The van der Waals surface area contributed by atoms with Crippen molar-refractivity contribution in [3.8, 4) is 6.07 Å². The molecule has 0 aliphatic rings. The van der Waals surface area contributed by atoms with Crippen molar-refractivity contribution in [2.24, 2.45) is 0 Å². The Morgan fingerprint density at radius 2 is 1.08 bits per heavy atom. The minimum Gasteiger partial charge on any atom is -0.342 e. The quantitative estimate of drug-likeness (QED) is 0.295. The Morgan fingerprint density at radius 1 is 0.708 bits per heavy atom. The lowest BCUT2D eigenvalue weighted by Gasteiger charge is -2.21. The first-order valence-corrected chi connectivity index (χ1v) is 10.4. The van der Waals surface area contributed by atoms with E-state index in [0.717, 1.165) is 25.9 Å². The number of nitriles is 1. The van der Waals surface area contributed by atoms with Crippen LogP contribution in [0.25, 0.3) is 0 Å². The second-order valence-electron chi connectivity index (χ2n) is 6.96. The van der Waals surface area contributed by atoms with Gasteiger partial charge in [-0.1, -0.05) is 90.9 Å². The van der Waals surface area contributed by atoms with Gasteiger partial charge in [0.25, 0.3) is 0 Å². The lowest BCUT2D eigenvalue weighted by atomic mass is 10.1. The third-order valence-corrected chi connectivity index (χ3v) is 4.65. The summed E-state index contributed by atoms with van der Waals surface area (Å²) in [6.07, 6.45) is 17.7. The molecule has 0 aromatic carbocycles. The van der Waals surface area contributed by atoms with Crippen LogP contribution < -0.4 is 0 Å². The summed E-state index contributed by atoms with van der Waals surface area (Å²) in [5, 5.41) is 8.77. The van der Waals surface area contributed by atoms with E-state index in [9.17, 15) is 4.79 Å². The molecule has 0 N–H and O–H groups in total. The van der Waals surface area contributed by atoms with E-state index in [2.05, 4.69) is 13.8 Å². The molecule has 0 unspecified atom stereocenters. The number of carbonyl (C=O) groups excluding carboxylic acids is 1. The van der Waals surface area contributed by atoms with Gasteiger partial charge in [0.15, 0.2) is 0 Å². The Hall–Kier alpha value is -1.04. The molecule has 3 heteroatoms. The number of rotatable bonds is 17. The van der Waals surface area contributed by atoms with Crippen LogP contribution in [-0.2, 0) is 4.79 Å². The Morgan fingerprint density at radius 3 is 1.46 bits per heavy atom. The van der Waals surface area contributed by atoms with E-state index in [1.807, 2.05) is 11.0 Å². The highest BCUT2D eigenvalue weighted by Gasteiger charge is 2.12. The van der Waals surface area contributed by atoms with E-state index in [1.54, 1.807) is 0 Å². The molecule has 0 aliphatic carbocycles. The number of amides is 1. The average molecular weight is 337 g/mol. The normalized spacial score (nSPS) is 10.5. The molecule has 0 aromatic heterocycles. The topological polar surface area (TPSA) is 44.1 Å². The molecule has 0 radical (unpaired) electrons. The van der Waals surface area contributed by atoms with E-state index in [1.165, 1.54) is 77.0 Å². The van der Waals surface area contributed by atoms with Crippen LogP contribution in [0, 0.1) is 11.3 Å². The molecule has 0 bridgehead atoms. The molecular weight excluding hydrogens is 296 g/mol. The molecule has 0 saturated heterocycles. The zero-order chi connectivity index (χ0) is 17.9. The van der Waals surface area contributed by atoms with Crippen molar-refractivity contribution < 1.29 is 4.79 Å². The van der Waals surface area contributed by atoms with Gasteiger partial charge in [0.1, 0.15) is 6.42 Å². The van der Waals surface area contributed by atoms with Gasteiger partial charge in [-0.3, -0.25) is 4.79 Å². The molecule has 24 heavy (non-hydrogen) atoms. The highest BCUT2D eigenvalue weighted by molar-refractivity contribution is 5.78. The van der Waals surface area contributed by atoms with E-state index < -0.39 is 0 Å². The molecule has 0 atom stereocenters. The maximum absolute atomic E-state index is 12.1. The molecule has 0 heterocycles. The first-order chi connectivity index (χ1) is 11.8. The van der Waals surface area contributed by atoms with Crippen LogP contribution in [0.15, 0.2) is 0 Å². The van der Waals surface area contributed by atoms with Gasteiger partial charge in [0.05, 0.1) is 6.07 Å². The summed E-state index contributed by atoms with van der Waals surface area (Å²) in [5.41, 5.74) is 0. The molecule has 140 valence electrons. The zero-order valence-corrected chi connectivity index (χ0v) is 16.3. The summed E-state index contributed by atoms with van der Waals surface area (Å²) in [5.74, 6) is 0.0227.